The number of cyclic esters (lactones) is 1. The Balaban J connectivity index is 1.70. The molecule has 1 fully saturated rings. The van der Waals surface area contributed by atoms with Crippen molar-refractivity contribution in [2.45, 2.75) is 13.8 Å². The van der Waals surface area contributed by atoms with Gasteiger partial charge in [0.2, 0.25) is 0 Å². The van der Waals surface area contributed by atoms with Gasteiger partial charge in [0.15, 0.2) is 5.78 Å². The zero-order valence-electron chi connectivity index (χ0n) is 15.7. The van der Waals surface area contributed by atoms with Gasteiger partial charge in [-0.15, -0.1) is 0 Å². The smallest absolute Gasteiger partial charge is 0.414 e. The van der Waals surface area contributed by atoms with Gasteiger partial charge in [0.05, 0.1) is 6.54 Å². The lowest BCUT2D eigenvalue weighted by Crippen LogP contribution is -2.23. The Labute approximate surface area is 159 Å². The molecule has 2 aromatic rings. The van der Waals surface area contributed by atoms with Crippen molar-refractivity contribution in [3.8, 4) is 0 Å². The van der Waals surface area contributed by atoms with Crippen molar-refractivity contribution in [3.63, 3.8) is 0 Å². The van der Waals surface area contributed by atoms with Gasteiger partial charge in [-0.1, -0.05) is 30.3 Å². The lowest BCUT2D eigenvalue weighted by molar-refractivity contribution is 0.104. The van der Waals surface area contributed by atoms with E-state index in [9.17, 15) is 9.59 Å². The van der Waals surface area contributed by atoms with Gasteiger partial charge in [-0.3, -0.25) is 9.69 Å². The van der Waals surface area contributed by atoms with Gasteiger partial charge in [-0.25, -0.2) is 4.79 Å². The highest BCUT2D eigenvalue weighted by atomic mass is 16.6. The summed E-state index contributed by atoms with van der Waals surface area (Å²) >= 11 is 0. The third-order valence-corrected chi connectivity index (χ3v) is 4.65. The highest BCUT2D eigenvalue weighted by Crippen LogP contribution is 2.21. The molecule has 0 bridgehead atoms. The molecule has 1 aliphatic heterocycles. The summed E-state index contributed by atoms with van der Waals surface area (Å²) in [5.41, 5.74) is 3.37. The van der Waals surface area contributed by atoms with Crippen molar-refractivity contribution in [2.24, 2.45) is 0 Å². The second-order valence-corrected chi connectivity index (χ2v) is 6.28. The van der Waals surface area contributed by atoms with Crippen LogP contribution in [-0.4, -0.2) is 38.1 Å². The molecule has 2 aromatic carbocycles. The fourth-order valence-corrected chi connectivity index (χ4v) is 3.11. The van der Waals surface area contributed by atoms with Gasteiger partial charge in [0.25, 0.3) is 0 Å². The molecule has 0 saturated carbocycles. The van der Waals surface area contributed by atoms with Gasteiger partial charge in [0.1, 0.15) is 6.61 Å². The number of rotatable bonds is 7. The standard InChI is InChI=1S/C22H24N2O3/c1-3-23(4-2)19-11-8-17(9-12-19)10-13-21(25)18-6-5-7-20(16-18)24-14-15-27-22(24)26/h5-13,16H,3-4,14-15H2,1-2H3/b13-10+. The summed E-state index contributed by atoms with van der Waals surface area (Å²) in [5, 5.41) is 0. The normalized spacial score (nSPS) is 13.9. The van der Waals surface area contributed by atoms with Crippen molar-refractivity contribution in [3.05, 3.63) is 65.7 Å². The van der Waals surface area contributed by atoms with Gasteiger partial charge >= 0.3 is 6.09 Å². The maximum absolute atomic E-state index is 12.5. The van der Waals surface area contributed by atoms with Crippen molar-refractivity contribution < 1.29 is 14.3 Å². The van der Waals surface area contributed by atoms with Crippen molar-refractivity contribution in [2.75, 3.05) is 36.0 Å². The van der Waals surface area contributed by atoms with E-state index in [4.69, 9.17) is 4.74 Å². The highest BCUT2D eigenvalue weighted by molar-refractivity contribution is 6.07. The molecule has 0 unspecified atom stereocenters. The lowest BCUT2D eigenvalue weighted by atomic mass is 10.1. The number of hydrogen-bond donors (Lipinski definition) is 0. The number of ether oxygens (including phenoxy) is 1. The molecular weight excluding hydrogens is 340 g/mol. The first-order valence-electron chi connectivity index (χ1n) is 9.24. The number of carbonyl (C=O) groups is 2. The predicted octanol–water partition coefficient (Wildman–Crippen LogP) is 4.39. The Kier molecular flexibility index (Phi) is 5.91. The maximum atomic E-state index is 12.5. The largest absolute Gasteiger partial charge is 0.447 e. The first kappa shape index (κ1) is 18.7. The summed E-state index contributed by atoms with van der Waals surface area (Å²) in [6.45, 7) is 7.07. The summed E-state index contributed by atoms with van der Waals surface area (Å²) < 4.78 is 4.95. The fraction of sp³-hybridized carbons (Fsp3) is 0.273. The molecular formula is C22H24N2O3. The minimum absolute atomic E-state index is 0.0998. The molecule has 1 heterocycles. The van der Waals surface area contributed by atoms with E-state index in [1.165, 1.54) is 10.6 Å². The number of allylic oxidation sites excluding steroid dienone is 1. The van der Waals surface area contributed by atoms with E-state index in [0.717, 1.165) is 18.7 Å². The van der Waals surface area contributed by atoms with Crippen LogP contribution in [0.3, 0.4) is 0 Å². The molecule has 0 aliphatic carbocycles. The van der Waals surface area contributed by atoms with Gasteiger partial charge in [-0.2, -0.15) is 0 Å². The van der Waals surface area contributed by atoms with Gasteiger partial charge < -0.3 is 9.64 Å². The van der Waals surface area contributed by atoms with Crippen LogP contribution in [0.5, 0.6) is 0 Å². The molecule has 1 amide bonds. The van der Waals surface area contributed by atoms with Crippen LogP contribution < -0.4 is 9.80 Å². The number of benzene rings is 2. The van der Waals surface area contributed by atoms with E-state index in [-0.39, 0.29) is 11.9 Å². The first-order chi connectivity index (χ1) is 13.1. The number of amides is 1. The number of anilines is 2. The Hall–Kier alpha value is -3.08. The summed E-state index contributed by atoms with van der Waals surface area (Å²) in [6, 6.07) is 15.2. The van der Waals surface area contributed by atoms with Crippen LogP contribution in [0.15, 0.2) is 54.6 Å². The van der Waals surface area contributed by atoms with E-state index >= 15 is 0 Å². The summed E-state index contributed by atoms with van der Waals surface area (Å²) in [6.07, 6.45) is 3.00. The quantitative estimate of drug-likeness (QED) is 0.540. The Morgan fingerprint density at radius 1 is 1.15 bits per heavy atom. The average Bonchev–Trinajstić information content (AvgIpc) is 3.14. The summed E-state index contributed by atoms with van der Waals surface area (Å²) in [4.78, 5) is 28.0. The van der Waals surface area contributed by atoms with E-state index in [1.54, 1.807) is 30.3 Å². The average molecular weight is 364 g/mol. The number of nitrogens with zero attached hydrogens (tertiary/aromatic N) is 2. The first-order valence-corrected chi connectivity index (χ1v) is 9.24. The predicted molar refractivity (Wildman–Crippen MR) is 109 cm³/mol. The van der Waals surface area contributed by atoms with Gasteiger partial charge in [0, 0.05) is 30.0 Å². The SMILES string of the molecule is CCN(CC)c1ccc(/C=C/C(=O)c2cccc(N3CCOC3=O)c2)cc1. The topological polar surface area (TPSA) is 49.9 Å². The minimum atomic E-state index is -0.372. The molecule has 5 heteroatoms. The molecule has 140 valence electrons. The van der Waals surface area contributed by atoms with Crippen LogP contribution in [0.4, 0.5) is 16.2 Å². The van der Waals surface area contributed by atoms with Crippen molar-refractivity contribution in [1.82, 2.24) is 0 Å². The van der Waals surface area contributed by atoms with E-state index in [2.05, 4.69) is 30.9 Å². The molecule has 3 rings (SSSR count). The molecule has 0 atom stereocenters. The number of ketones is 1. The highest BCUT2D eigenvalue weighted by Gasteiger charge is 2.23. The zero-order chi connectivity index (χ0) is 19.2. The third kappa shape index (κ3) is 4.37. The molecule has 0 spiro atoms. The number of carbonyl (C=O) groups excluding carboxylic acids is 2. The maximum Gasteiger partial charge on any atom is 0.414 e. The second-order valence-electron chi connectivity index (χ2n) is 6.28. The molecule has 0 N–H and O–H groups in total. The molecule has 1 saturated heterocycles. The van der Waals surface area contributed by atoms with Crippen LogP contribution in [0.1, 0.15) is 29.8 Å². The van der Waals surface area contributed by atoms with Gasteiger partial charge in [-0.05, 0) is 49.8 Å². The molecule has 27 heavy (non-hydrogen) atoms. The molecule has 1 aliphatic rings. The monoisotopic (exact) mass is 364 g/mol. The van der Waals surface area contributed by atoms with Crippen LogP contribution in [0.25, 0.3) is 6.08 Å². The molecule has 5 nitrogen and oxygen atoms in total. The number of hydrogen-bond acceptors (Lipinski definition) is 4. The van der Waals surface area contributed by atoms with E-state index < -0.39 is 0 Å². The lowest BCUT2D eigenvalue weighted by Gasteiger charge is -2.20. The molecule has 0 radical (unpaired) electrons. The summed E-state index contributed by atoms with van der Waals surface area (Å²) in [5.74, 6) is -0.0998. The van der Waals surface area contributed by atoms with Crippen LogP contribution in [0, 0.1) is 0 Å². The van der Waals surface area contributed by atoms with Crippen LogP contribution >= 0.6 is 0 Å². The van der Waals surface area contributed by atoms with Crippen molar-refractivity contribution in [1.29, 1.82) is 0 Å². The Morgan fingerprint density at radius 2 is 1.89 bits per heavy atom. The molecule has 0 aromatic heterocycles. The third-order valence-electron chi connectivity index (χ3n) is 4.65. The second kappa shape index (κ2) is 8.54. The Morgan fingerprint density at radius 3 is 2.52 bits per heavy atom. The minimum Gasteiger partial charge on any atom is -0.447 e. The zero-order valence-corrected chi connectivity index (χ0v) is 15.7. The Bertz CT molecular complexity index is 839. The van der Waals surface area contributed by atoms with Crippen LogP contribution in [0.2, 0.25) is 0 Å². The van der Waals surface area contributed by atoms with E-state index in [1.807, 2.05) is 18.2 Å². The fourth-order valence-electron chi connectivity index (χ4n) is 3.11. The summed E-state index contributed by atoms with van der Waals surface area (Å²) in [7, 11) is 0. The van der Waals surface area contributed by atoms with Crippen LogP contribution in [-0.2, 0) is 4.74 Å². The van der Waals surface area contributed by atoms with Crippen molar-refractivity contribution >= 4 is 29.3 Å². The van der Waals surface area contributed by atoms with E-state index in [0.29, 0.717) is 24.4 Å².